The molecular formula is C23H14BrF4N5. The summed E-state index contributed by atoms with van der Waals surface area (Å²) >= 11 is 3.20. The third-order valence-corrected chi connectivity index (χ3v) is 4.98. The summed E-state index contributed by atoms with van der Waals surface area (Å²) in [6.07, 6.45) is 1.20. The second-order valence-corrected chi connectivity index (χ2v) is 7.47. The predicted octanol–water partition coefficient (Wildman–Crippen LogP) is 6.46. The number of imidazole rings is 1. The molecule has 0 bridgehead atoms. The molecule has 4 heterocycles. The smallest absolute Gasteiger partial charge is 0.284 e. The van der Waals surface area contributed by atoms with Crippen molar-refractivity contribution in [2.75, 3.05) is 0 Å². The van der Waals surface area contributed by atoms with Gasteiger partial charge in [-0.25, -0.2) is 19.3 Å². The summed E-state index contributed by atoms with van der Waals surface area (Å²) in [5.74, 6) is -0.689. The molecule has 0 aliphatic heterocycles. The minimum absolute atomic E-state index is 0.155. The van der Waals surface area contributed by atoms with E-state index in [1.807, 2.05) is 18.2 Å². The Bertz CT molecular complexity index is 1370. The van der Waals surface area contributed by atoms with Gasteiger partial charge in [-0.2, -0.15) is 13.2 Å². The number of fused-ring (bicyclic) bond motifs is 1. The number of benzene rings is 1. The number of alkyl halides is 3. The van der Waals surface area contributed by atoms with Crippen molar-refractivity contribution in [3.8, 4) is 22.5 Å². The molecule has 5 aromatic rings. The zero-order chi connectivity index (χ0) is 23.4. The van der Waals surface area contributed by atoms with Gasteiger partial charge in [0, 0.05) is 29.7 Å². The maximum absolute atomic E-state index is 15.0. The highest BCUT2D eigenvalue weighted by Crippen LogP contribution is 2.32. The van der Waals surface area contributed by atoms with Gasteiger partial charge in [-0.05, 0) is 58.4 Å². The average Bonchev–Trinajstić information content (AvgIpc) is 3.23. The van der Waals surface area contributed by atoms with Crippen LogP contribution >= 0.6 is 15.9 Å². The summed E-state index contributed by atoms with van der Waals surface area (Å²) in [6.45, 7) is 0. The molecule has 0 spiro atoms. The van der Waals surface area contributed by atoms with Crippen LogP contribution in [0.3, 0.4) is 0 Å². The first-order valence-corrected chi connectivity index (χ1v) is 10.3. The molecule has 0 aliphatic rings. The number of pyridine rings is 2. The quantitative estimate of drug-likeness (QED) is 0.200. The van der Waals surface area contributed by atoms with Gasteiger partial charge in [0.1, 0.15) is 16.1 Å². The third-order valence-electron chi connectivity index (χ3n) is 4.51. The molecule has 0 aliphatic carbocycles. The van der Waals surface area contributed by atoms with E-state index in [0.717, 1.165) is 10.7 Å². The maximum Gasteiger partial charge on any atom is 0.433 e. The lowest BCUT2D eigenvalue weighted by Gasteiger charge is -2.09. The minimum atomic E-state index is -4.57. The van der Waals surface area contributed by atoms with E-state index >= 15 is 4.39 Å². The van der Waals surface area contributed by atoms with Crippen LogP contribution in [-0.4, -0.2) is 24.3 Å². The Morgan fingerprint density at radius 3 is 2.12 bits per heavy atom. The molecule has 1 aromatic carbocycles. The van der Waals surface area contributed by atoms with E-state index in [1.54, 1.807) is 42.7 Å². The van der Waals surface area contributed by atoms with E-state index < -0.39 is 17.7 Å². The number of hydrogen-bond donors (Lipinski definition) is 0. The normalized spacial score (nSPS) is 11.2. The molecule has 0 N–H and O–H groups in total. The minimum Gasteiger partial charge on any atom is -0.284 e. The van der Waals surface area contributed by atoms with Crippen LogP contribution in [0, 0.1) is 5.82 Å². The van der Waals surface area contributed by atoms with E-state index in [0.29, 0.717) is 11.4 Å². The molecule has 0 saturated heterocycles. The molecule has 0 radical (unpaired) electrons. The van der Waals surface area contributed by atoms with Crippen molar-refractivity contribution in [2.24, 2.45) is 0 Å². The lowest BCUT2D eigenvalue weighted by molar-refractivity contribution is -0.141. The lowest BCUT2D eigenvalue weighted by atomic mass is 10.0. The molecule has 33 heavy (non-hydrogen) atoms. The third kappa shape index (κ3) is 5.06. The van der Waals surface area contributed by atoms with Gasteiger partial charge in [0.05, 0.1) is 17.6 Å². The number of halogens is 5. The van der Waals surface area contributed by atoms with E-state index in [9.17, 15) is 13.2 Å². The van der Waals surface area contributed by atoms with E-state index in [-0.39, 0.29) is 16.9 Å². The molecule has 5 rings (SSSR count). The fourth-order valence-electron chi connectivity index (χ4n) is 3.02. The highest BCUT2D eigenvalue weighted by Gasteiger charge is 2.33. The number of rotatable bonds is 2. The highest BCUT2D eigenvalue weighted by atomic mass is 79.9. The van der Waals surface area contributed by atoms with Crippen molar-refractivity contribution < 1.29 is 17.6 Å². The summed E-state index contributed by atoms with van der Waals surface area (Å²) < 4.78 is 55.6. The first-order chi connectivity index (χ1) is 15.8. The highest BCUT2D eigenvalue weighted by molar-refractivity contribution is 9.10. The van der Waals surface area contributed by atoms with Crippen molar-refractivity contribution in [2.45, 2.75) is 6.18 Å². The number of nitrogens with zero attached hydrogens (tertiary/aromatic N) is 5. The van der Waals surface area contributed by atoms with Gasteiger partial charge in [-0.3, -0.25) is 9.38 Å². The standard InChI is InChI=1S/C18H10F4N4.C5H4BrN/c19-16-11(13-6-1-2-8-23-13)4-3-5-12(16)14-10-24-17-25-15(18(20,21)22)7-9-26(14)17;6-5-3-1-2-4-7-5/h1-10H;1-4H. The first-order valence-electron chi connectivity index (χ1n) is 9.53. The predicted molar refractivity (Wildman–Crippen MR) is 119 cm³/mol. The van der Waals surface area contributed by atoms with Crippen molar-refractivity contribution >= 4 is 21.7 Å². The molecule has 0 unspecified atom stereocenters. The van der Waals surface area contributed by atoms with Crippen LogP contribution in [-0.2, 0) is 6.18 Å². The SMILES string of the molecule is Brc1ccccn1.Fc1c(-c2ccccn2)cccc1-c1cnc2nc(C(F)(F)F)ccn12. The second-order valence-electron chi connectivity index (χ2n) is 6.66. The molecule has 0 saturated carbocycles. The van der Waals surface area contributed by atoms with Gasteiger partial charge in [0.2, 0.25) is 5.78 Å². The van der Waals surface area contributed by atoms with Crippen molar-refractivity contribution in [1.29, 1.82) is 0 Å². The van der Waals surface area contributed by atoms with Crippen molar-refractivity contribution in [1.82, 2.24) is 24.3 Å². The summed E-state index contributed by atoms with van der Waals surface area (Å²) in [6, 6.07) is 16.4. The zero-order valence-corrected chi connectivity index (χ0v) is 18.3. The second kappa shape index (κ2) is 9.45. The van der Waals surface area contributed by atoms with Gasteiger partial charge in [-0.15, -0.1) is 0 Å². The topological polar surface area (TPSA) is 56.0 Å². The summed E-state index contributed by atoms with van der Waals surface area (Å²) in [7, 11) is 0. The zero-order valence-electron chi connectivity index (χ0n) is 16.7. The Hall–Kier alpha value is -3.66. The number of hydrogen-bond acceptors (Lipinski definition) is 4. The van der Waals surface area contributed by atoms with Gasteiger partial charge in [0.15, 0.2) is 0 Å². The summed E-state index contributed by atoms with van der Waals surface area (Å²) in [5, 5.41) is 0. The fraction of sp³-hybridized carbons (Fsp3) is 0.0435. The molecule has 166 valence electrons. The summed E-state index contributed by atoms with van der Waals surface area (Å²) in [5.41, 5.74) is 0.194. The molecule has 10 heteroatoms. The van der Waals surface area contributed by atoms with Crippen molar-refractivity contribution in [3.05, 3.63) is 102 Å². The first kappa shape index (κ1) is 22.5. The summed E-state index contributed by atoms with van der Waals surface area (Å²) in [4.78, 5) is 15.4. The lowest BCUT2D eigenvalue weighted by Crippen LogP contribution is -2.09. The van der Waals surface area contributed by atoms with Crippen LogP contribution in [0.25, 0.3) is 28.3 Å². The van der Waals surface area contributed by atoms with Crippen LogP contribution in [0.5, 0.6) is 0 Å². The Balaban J connectivity index is 0.000000318. The van der Waals surface area contributed by atoms with Crippen LogP contribution in [0.1, 0.15) is 5.69 Å². The molecule has 0 amide bonds. The van der Waals surface area contributed by atoms with E-state index in [2.05, 4.69) is 35.9 Å². The van der Waals surface area contributed by atoms with Crippen LogP contribution in [0.15, 0.2) is 90.1 Å². The van der Waals surface area contributed by atoms with Gasteiger partial charge < -0.3 is 0 Å². The van der Waals surface area contributed by atoms with E-state index in [4.69, 9.17) is 0 Å². The Morgan fingerprint density at radius 2 is 1.52 bits per heavy atom. The van der Waals surface area contributed by atoms with Crippen molar-refractivity contribution in [3.63, 3.8) is 0 Å². The maximum atomic E-state index is 15.0. The fourth-order valence-corrected chi connectivity index (χ4v) is 3.29. The molecule has 5 nitrogen and oxygen atoms in total. The monoisotopic (exact) mass is 515 g/mol. The molecular weight excluding hydrogens is 502 g/mol. The van der Waals surface area contributed by atoms with Gasteiger partial charge in [-0.1, -0.05) is 18.2 Å². The van der Waals surface area contributed by atoms with E-state index in [1.165, 1.54) is 22.9 Å². The van der Waals surface area contributed by atoms with Crippen LogP contribution in [0.4, 0.5) is 17.6 Å². The molecule has 0 fully saturated rings. The van der Waals surface area contributed by atoms with Crippen LogP contribution in [0.2, 0.25) is 0 Å². The van der Waals surface area contributed by atoms with Crippen LogP contribution < -0.4 is 0 Å². The largest absolute Gasteiger partial charge is 0.433 e. The molecule has 0 atom stereocenters. The number of aromatic nitrogens is 5. The van der Waals surface area contributed by atoms with Gasteiger partial charge in [0.25, 0.3) is 0 Å². The average molecular weight is 516 g/mol. The molecule has 4 aromatic heterocycles. The Kier molecular flexibility index (Phi) is 6.45. The Labute approximate surface area is 193 Å². The van der Waals surface area contributed by atoms with Gasteiger partial charge >= 0.3 is 6.18 Å². The Morgan fingerprint density at radius 1 is 0.788 bits per heavy atom.